The first-order valence-corrected chi connectivity index (χ1v) is 14.2. The molecule has 0 radical (unpaired) electrons. The number of morpholine rings is 1. The SMILES string of the molecule is O=C(O)CCCCCN1C(=O)/C(=C/c2cccc(-c3cc4c(c(C(=O)N5CCOCC5)c3)OCC4)n2)SC1=S. The van der Waals surface area contributed by atoms with Crippen LogP contribution in [0.5, 0.6) is 5.75 Å². The lowest BCUT2D eigenvalue weighted by molar-refractivity contribution is -0.137. The topological polar surface area (TPSA) is 109 Å². The van der Waals surface area contributed by atoms with Crippen LogP contribution >= 0.6 is 24.0 Å². The van der Waals surface area contributed by atoms with Crippen LogP contribution in [0, 0.1) is 0 Å². The molecular weight excluding hydrogens is 538 g/mol. The molecule has 0 spiro atoms. The predicted octanol–water partition coefficient (Wildman–Crippen LogP) is 4.00. The Labute approximate surface area is 236 Å². The van der Waals surface area contributed by atoms with Gasteiger partial charge in [0.25, 0.3) is 11.8 Å². The van der Waals surface area contributed by atoms with Gasteiger partial charge in [-0.05, 0) is 48.7 Å². The second-order valence-corrected chi connectivity index (χ2v) is 11.2. The Balaban J connectivity index is 1.34. The van der Waals surface area contributed by atoms with Gasteiger partial charge in [0.1, 0.15) is 10.1 Å². The maximum atomic E-state index is 13.4. The second kappa shape index (κ2) is 12.3. The lowest BCUT2D eigenvalue weighted by Crippen LogP contribution is -2.40. The van der Waals surface area contributed by atoms with Crippen LogP contribution in [0.3, 0.4) is 0 Å². The molecule has 39 heavy (non-hydrogen) atoms. The van der Waals surface area contributed by atoms with Crippen LogP contribution in [0.4, 0.5) is 0 Å². The van der Waals surface area contributed by atoms with Crippen molar-refractivity contribution < 1.29 is 29.0 Å². The van der Waals surface area contributed by atoms with E-state index in [1.54, 1.807) is 15.9 Å². The van der Waals surface area contributed by atoms with E-state index in [2.05, 4.69) is 0 Å². The zero-order valence-electron chi connectivity index (χ0n) is 21.4. The number of unbranched alkanes of at least 4 members (excludes halogenated alkanes) is 2. The van der Waals surface area contributed by atoms with Crippen molar-refractivity contribution in [2.45, 2.75) is 32.1 Å². The molecule has 0 atom stereocenters. The van der Waals surface area contributed by atoms with Crippen molar-refractivity contribution in [1.29, 1.82) is 0 Å². The van der Waals surface area contributed by atoms with Crippen LogP contribution in [-0.4, -0.2) is 81.4 Å². The summed E-state index contributed by atoms with van der Waals surface area (Å²) in [6.07, 6.45) is 4.57. The van der Waals surface area contributed by atoms with E-state index in [-0.39, 0.29) is 18.2 Å². The van der Waals surface area contributed by atoms with Gasteiger partial charge in [-0.15, -0.1) is 0 Å². The molecule has 11 heteroatoms. The third-order valence-electron chi connectivity index (χ3n) is 6.80. The average molecular weight is 568 g/mol. The highest BCUT2D eigenvalue weighted by atomic mass is 32.2. The summed E-state index contributed by atoms with van der Waals surface area (Å²) in [7, 11) is 0. The Morgan fingerprint density at radius 3 is 2.74 bits per heavy atom. The van der Waals surface area contributed by atoms with Gasteiger partial charge < -0.3 is 19.5 Å². The number of carboxylic acid groups (broad SMARTS) is 1. The fourth-order valence-corrected chi connectivity index (χ4v) is 6.09. The molecule has 1 aromatic carbocycles. The summed E-state index contributed by atoms with van der Waals surface area (Å²) in [6.45, 7) is 3.14. The lowest BCUT2D eigenvalue weighted by Gasteiger charge is -2.27. The van der Waals surface area contributed by atoms with Gasteiger partial charge in [-0.3, -0.25) is 19.3 Å². The summed E-state index contributed by atoms with van der Waals surface area (Å²) < 4.78 is 11.7. The van der Waals surface area contributed by atoms with Crippen LogP contribution in [0.15, 0.2) is 35.2 Å². The van der Waals surface area contributed by atoms with Crippen molar-refractivity contribution in [1.82, 2.24) is 14.8 Å². The predicted molar refractivity (Wildman–Crippen MR) is 152 cm³/mol. The third kappa shape index (κ3) is 6.32. The number of ether oxygens (including phenoxy) is 2. The Hall–Kier alpha value is -3.28. The van der Waals surface area contributed by atoms with E-state index in [4.69, 9.17) is 31.8 Å². The van der Waals surface area contributed by atoms with E-state index in [0.29, 0.717) is 90.6 Å². The van der Waals surface area contributed by atoms with Crippen molar-refractivity contribution in [2.24, 2.45) is 0 Å². The highest BCUT2D eigenvalue weighted by Gasteiger charge is 2.32. The molecule has 1 N–H and O–H groups in total. The minimum atomic E-state index is -0.813. The smallest absolute Gasteiger partial charge is 0.303 e. The maximum Gasteiger partial charge on any atom is 0.303 e. The summed E-state index contributed by atoms with van der Waals surface area (Å²) in [4.78, 5) is 45.7. The number of hydrogen-bond acceptors (Lipinski definition) is 8. The largest absolute Gasteiger partial charge is 0.492 e. The van der Waals surface area contributed by atoms with Crippen LogP contribution in [-0.2, 0) is 20.7 Å². The summed E-state index contributed by atoms with van der Waals surface area (Å²) in [5, 5.41) is 8.78. The zero-order chi connectivity index (χ0) is 27.4. The van der Waals surface area contributed by atoms with Crippen molar-refractivity contribution in [2.75, 3.05) is 39.5 Å². The number of thiocarbonyl (C=S) groups is 1. The van der Waals surface area contributed by atoms with Crippen LogP contribution in [0.25, 0.3) is 17.3 Å². The van der Waals surface area contributed by atoms with E-state index >= 15 is 0 Å². The Morgan fingerprint density at radius 1 is 1.13 bits per heavy atom. The minimum absolute atomic E-state index is 0.0684. The molecule has 204 valence electrons. The van der Waals surface area contributed by atoms with Gasteiger partial charge >= 0.3 is 5.97 Å². The molecule has 0 unspecified atom stereocenters. The first-order valence-electron chi connectivity index (χ1n) is 13.0. The molecule has 4 heterocycles. The number of pyridine rings is 1. The maximum absolute atomic E-state index is 13.4. The molecule has 2 amide bonds. The van der Waals surface area contributed by atoms with Gasteiger partial charge in [0, 0.05) is 38.0 Å². The second-order valence-electron chi connectivity index (χ2n) is 9.50. The van der Waals surface area contributed by atoms with Gasteiger partial charge in [0.05, 0.1) is 41.7 Å². The Bertz CT molecular complexity index is 1340. The van der Waals surface area contributed by atoms with Gasteiger partial charge in [-0.1, -0.05) is 36.5 Å². The summed E-state index contributed by atoms with van der Waals surface area (Å²) in [6, 6.07) is 9.47. The van der Waals surface area contributed by atoms with Gasteiger partial charge in [0.15, 0.2) is 0 Å². The van der Waals surface area contributed by atoms with Crippen molar-refractivity contribution in [3.63, 3.8) is 0 Å². The molecule has 3 aliphatic heterocycles. The fourth-order valence-electron chi connectivity index (χ4n) is 4.79. The van der Waals surface area contributed by atoms with Gasteiger partial charge in [-0.25, -0.2) is 4.98 Å². The number of thioether (sulfide) groups is 1. The number of carbonyl (C=O) groups is 3. The lowest BCUT2D eigenvalue weighted by atomic mass is 10.00. The van der Waals surface area contributed by atoms with Crippen molar-refractivity contribution >= 4 is 52.2 Å². The van der Waals surface area contributed by atoms with Gasteiger partial charge in [-0.2, -0.15) is 0 Å². The molecule has 2 aromatic rings. The van der Waals surface area contributed by atoms with E-state index in [1.165, 1.54) is 11.8 Å². The van der Waals surface area contributed by atoms with E-state index in [9.17, 15) is 14.4 Å². The van der Waals surface area contributed by atoms with Crippen molar-refractivity contribution in [3.05, 3.63) is 52.1 Å². The number of fused-ring (bicyclic) bond motifs is 1. The molecule has 0 bridgehead atoms. The molecule has 5 rings (SSSR count). The number of amides is 2. The molecule has 2 saturated heterocycles. The minimum Gasteiger partial charge on any atom is -0.492 e. The van der Waals surface area contributed by atoms with E-state index in [0.717, 1.165) is 17.5 Å². The monoisotopic (exact) mass is 567 g/mol. The Kier molecular flexibility index (Phi) is 8.59. The highest BCUT2D eigenvalue weighted by Crippen LogP contribution is 2.36. The van der Waals surface area contributed by atoms with E-state index in [1.807, 2.05) is 30.3 Å². The van der Waals surface area contributed by atoms with Gasteiger partial charge in [0.2, 0.25) is 0 Å². The number of aromatic nitrogens is 1. The zero-order valence-corrected chi connectivity index (χ0v) is 23.0. The molecule has 2 fully saturated rings. The summed E-state index contributed by atoms with van der Waals surface area (Å²) >= 11 is 6.67. The quantitative estimate of drug-likeness (QED) is 0.273. The molecular formula is C28H29N3O6S2. The first kappa shape index (κ1) is 27.3. The fraction of sp³-hybridized carbons (Fsp3) is 0.393. The number of hydrogen-bond donors (Lipinski definition) is 1. The molecule has 3 aliphatic rings. The van der Waals surface area contributed by atoms with Crippen LogP contribution in [0.1, 0.15) is 47.3 Å². The number of benzene rings is 1. The average Bonchev–Trinajstić information content (AvgIpc) is 3.52. The number of carboxylic acids is 1. The normalized spacial score (nSPS) is 18.0. The Morgan fingerprint density at radius 2 is 1.95 bits per heavy atom. The molecule has 9 nitrogen and oxygen atoms in total. The van der Waals surface area contributed by atoms with Crippen LogP contribution < -0.4 is 4.74 Å². The van der Waals surface area contributed by atoms with E-state index < -0.39 is 5.97 Å². The standard InChI is InChI=1S/C28H29N3O6S2/c32-24(33)7-2-1-3-9-31-27(35)23(39-28(31)38)17-20-5-4-6-22(29-20)19-15-18-8-12-37-25(18)21(16-19)26(34)30-10-13-36-14-11-30/h4-6,15-17H,1-3,7-14H2,(H,32,33)/b23-17-. The number of rotatable bonds is 9. The molecule has 0 saturated carbocycles. The number of nitrogens with zero attached hydrogens (tertiary/aromatic N) is 3. The molecule has 0 aliphatic carbocycles. The summed E-state index contributed by atoms with van der Waals surface area (Å²) in [5.41, 5.74) is 3.66. The third-order valence-corrected chi connectivity index (χ3v) is 8.18. The molecule has 1 aromatic heterocycles. The number of aliphatic carboxylic acids is 1. The summed E-state index contributed by atoms with van der Waals surface area (Å²) in [5.74, 6) is -0.394. The highest BCUT2D eigenvalue weighted by molar-refractivity contribution is 8.26. The van der Waals surface area contributed by atoms with Crippen LogP contribution in [0.2, 0.25) is 0 Å². The first-order chi connectivity index (χ1) is 18.9. The number of carbonyl (C=O) groups excluding carboxylic acids is 2. The van der Waals surface area contributed by atoms with Crippen molar-refractivity contribution in [3.8, 4) is 17.0 Å².